The summed E-state index contributed by atoms with van der Waals surface area (Å²) < 4.78 is 37.5. The van der Waals surface area contributed by atoms with Gasteiger partial charge in [-0.1, -0.05) is 17.3 Å². The summed E-state index contributed by atoms with van der Waals surface area (Å²) in [4.78, 5) is 18.6. The molecule has 9 heteroatoms. The van der Waals surface area contributed by atoms with Crippen LogP contribution in [0.2, 0.25) is 0 Å². The fourth-order valence-corrected chi connectivity index (χ4v) is 3.43. The summed E-state index contributed by atoms with van der Waals surface area (Å²) in [5, 5.41) is 6.54. The van der Waals surface area contributed by atoms with E-state index in [1.54, 1.807) is 12.0 Å². The Balaban J connectivity index is 1.45. The van der Waals surface area contributed by atoms with Crippen molar-refractivity contribution in [2.75, 3.05) is 25.5 Å². The number of aromatic nitrogens is 2. The molecule has 4 rings (SSSR count). The molecule has 1 saturated heterocycles. The molecule has 1 aliphatic heterocycles. The Hall–Kier alpha value is -3.49. The number of carbonyl (C=O) groups is 1. The van der Waals surface area contributed by atoms with Gasteiger partial charge in [-0.2, -0.15) is 4.98 Å². The number of urea groups is 1. The van der Waals surface area contributed by atoms with Gasteiger partial charge in [0.15, 0.2) is 0 Å². The van der Waals surface area contributed by atoms with Crippen LogP contribution in [0.1, 0.15) is 24.7 Å². The molecule has 0 radical (unpaired) electrons. The second kappa shape index (κ2) is 8.48. The lowest BCUT2D eigenvalue weighted by Crippen LogP contribution is -2.41. The molecule has 0 saturated carbocycles. The maximum atomic E-state index is 13.8. The average molecular weight is 414 g/mol. The van der Waals surface area contributed by atoms with Crippen molar-refractivity contribution in [3.63, 3.8) is 0 Å². The number of hydrogen-bond donors (Lipinski definition) is 1. The van der Waals surface area contributed by atoms with E-state index in [2.05, 4.69) is 15.5 Å². The summed E-state index contributed by atoms with van der Waals surface area (Å²) >= 11 is 0. The summed E-state index contributed by atoms with van der Waals surface area (Å²) in [6.45, 7) is 0.871. The van der Waals surface area contributed by atoms with Crippen molar-refractivity contribution in [1.82, 2.24) is 15.0 Å². The molecule has 0 spiro atoms. The molecule has 0 aliphatic carbocycles. The quantitative estimate of drug-likeness (QED) is 0.683. The number of amides is 2. The van der Waals surface area contributed by atoms with Crippen molar-refractivity contribution in [3.8, 4) is 17.1 Å². The third kappa shape index (κ3) is 4.24. The van der Waals surface area contributed by atoms with Crippen LogP contribution in [0.5, 0.6) is 5.75 Å². The number of likely N-dealkylation sites (tertiary alicyclic amines) is 1. The number of halogens is 2. The van der Waals surface area contributed by atoms with Gasteiger partial charge >= 0.3 is 6.03 Å². The van der Waals surface area contributed by atoms with Gasteiger partial charge in [0, 0.05) is 24.7 Å². The van der Waals surface area contributed by atoms with Crippen LogP contribution in [0.15, 0.2) is 47.0 Å². The van der Waals surface area contributed by atoms with Crippen LogP contribution in [0.25, 0.3) is 11.4 Å². The third-order valence-electron chi connectivity index (χ3n) is 5.00. The van der Waals surface area contributed by atoms with Gasteiger partial charge in [-0.25, -0.2) is 13.6 Å². The predicted molar refractivity (Wildman–Crippen MR) is 105 cm³/mol. The van der Waals surface area contributed by atoms with E-state index in [-0.39, 0.29) is 11.6 Å². The molecular formula is C21H20F2N4O3. The minimum Gasteiger partial charge on any atom is -0.497 e. The molecule has 1 aliphatic rings. The Morgan fingerprint density at radius 3 is 2.93 bits per heavy atom. The van der Waals surface area contributed by atoms with Crippen molar-refractivity contribution >= 4 is 11.7 Å². The molecule has 0 bridgehead atoms. The average Bonchev–Trinajstić information content (AvgIpc) is 3.26. The number of benzene rings is 2. The summed E-state index contributed by atoms with van der Waals surface area (Å²) in [6, 6.07) is 9.89. The zero-order valence-corrected chi connectivity index (χ0v) is 16.3. The van der Waals surface area contributed by atoms with Gasteiger partial charge < -0.3 is 19.5 Å². The van der Waals surface area contributed by atoms with E-state index >= 15 is 0 Å². The Bertz CT molecular complexity index is 1060. The van der Waals surface area contributed by atoms with Gasteiger partial charge in [0.1, 0.15) is 17.4 Å². The highest BCUT2D eigenvalue weighted by molar-refractivity contribution is 5.89. The molecule has 7 nitrogen and oxygen atoms in total. The molecule has 2 heterocycles. The highest BCUT2D eigenvalue weighted by Crippen LogP contribution is 2.29. The van der Waals surface area contributed by atoms with Crippen molar-refractivity contribution in [3.05, 3.63) is 60.0 Å². The van der Waals surface area contributed by atoms with Gasteiger partial charge in [-0.3, -0.25) is 0 Å². The minimum atomic E-state index is -0.822. The van der Waals surface area contributed by atoms with Gasteiger partial charge in [0.05, 0.1) is 18.7 Å². The fourth-order valence-electron chi connectivity index (χ4n) is 3.43. The molecule has 0 unspecified atom stereocenters. The largest absolute Gasteiger partial charge is 0.497 e. The number of nitrogens with zero attached hydrogens (tertiary/aromatic N) is 3. The second-order valence-electron chi connectivity index (χ2n) is 7.03. The summed E-state index contributed by atoms with van der Waals surface area (Å²) in [7, 11) is 1.58. The SMILES string of the molecule is COc1cccc(-c2noc([C@@H]3CCCN(C(=O)Nc4ccc(F)cc4F)C3)n2)c1. The predicted octanol–water partition coefficient (Wildman–Crippen LogP) is 4.43. The first kappa shape index (κ1) is 19.8. The Morgan fingerprint density at radius 2 is 2.13 bits per heavy atom. The van der Waals surface area contributed by atoms with Crippen molar-refractivity contribution < 1.29 is 22.8 Å². The number of anilines is 1. The molecule has 1 aromatic heterocycles. The number of piperidine rings is 1. The highest BCUT2D eigenvalue weighted by Gasteiger charge is 2.29. The topological polar surface area (TPSA) is 80.5 Å². The van der Waals surface area contributed by atoms with E-state index in [0.29, 0.717) is 30.6 Å². The zero-order chi connectivity index (χ0) is 21.1. The van der Waals surface area contributed by atoms with Crippen molar-refractivity contribution in [2.24, 2.45) is 0 Å². The summed E-state index contributed by atoms with van der Waals surface area (Å²) in [5.41, 5.74) is 0.697. The van der Waals surface area contributed by atoms with E-state index in [9.17, 15) is 13.6 Å². The summed E-state index contributed by atoms with van der Waals surface area (Å²) in [5.74, 6) is -0.0811. The lowest BCUT2D eigenvalue weighted by atomic mass is 9.98. The van der Waals surface area contributed by atoms with Crippen molar-refractivity contribution in [1.29, 1.82) is 0 Å². The molecule has 1 N–H and O–H groups in total. The number of hydrogen-bond acceptors (Lipinski definition) is 5. The molecule has 30 heavy (non-hydrogen) atoms. The number of carbonyl (C=O) groups excluding carboxylic acids is 1. The Morgan fingerprint density at radius 1 is 1.27 bits per heavy atom. The normalized spacial score (nSPS) is 16.4. The number of rotatable bonds is 4. The first-order valence-electron chi connectivity index (χ1n) is 9.52. The van der Waals surface area contributed by atoms with Gasteiger partial charge in [-0.15, -0.1) is 0 Å². The highest BCUT2D eigenvalue weighted by atomic mass is 19.1. The van der Waals surface area contributed by atoms with Crippen LogP contribution in [-0.2, 0) is 0 Å². The minimum absolute atomic E-state index is 0.0679. The van der Waals surface area contributed by atoms with Gasteiger partial charge in [0.25, 0.3) is 0 Å². The van der Waals surface area contributed by atoms with Crippen LogP contribution in [-0.4, -0.2) is 41.3 Å². The molecule has 156 valence electrons. The van der Waals surface area contributed by atoms with E-state index in [0.717, 1.165) is 30.5 Å². The summed E-state index contributed by atoms with van der Waals surface area (Å²) in [6.07, 6.45) is 1.52. The second-order valence-corrected chi connectivity index (χ2v) is 7.03. The van der Waals surface area contributed by atoms with Gasteiger partial charge in [0.2, 0.25) is 11.7 Å². The molecule has 2 aromatic carbocycles. The maximum Gasteiger partial charge on any atom is 0.321 e. The molecular weight excluding hydrogens is 394 g/mol. The van der Waals surface area contributed by atoms with E-state index in [1.807, 2.05) is 24.3 Å². The van der Waals surface area contributed by atoms with Crippen LogP contribution < -0.4 is 10.1 Å². The number of ether oxygens (including phenoxy) is 1. The smallest absolute Gasteiger partial charge is 0.321 e. The zero-order valence-electron chi connectivity index (χ0n) is 16.3. The standard InChI is InChI=1S/C21H20F2N4O3/c1-29-16-6-2-4-13(10-16)19-25-20(30-26-19)14-5-3-9-27(12-14)21(28)24-18-8-7-15(22)11-17(18)23/h2,4,6-8,10-11,14H,3,5,9,12H2,1H3,(H,24,28)/t14-/m1/s1. The number of nitrogens with one attached hydrogen (secondary N) is 1. The van der Waals surface area contributed by atoms with Gasteiger partial charge in [-0.05, 0) is 37.1 Å². The van der Waals surface area contributed by atoms with E-state index in [4.69, 9.17) is 9.26 Å². The first-order valence-corrected chi connectivity index (χ1v) is 9.52. The number of methoxy groups -OCH3 is 1. The fraction of sp³-hybridized carbons (Fsp3) is 0.286. The molecule has 3 aromatic rings. The molecule has 2 amide bonds. The lowest BCUT2D eigenvalue weighted by Gasteiger charge is -2.31. The van der Waals surface area contributed by atoms with Crippen LogP contribution in [0, 0.1) is 11.6 Å². The lowest BCUT2D eigenvalue weighted by molar-refractivity contribution is 0.184. The van der Waals surface area contributed by atoms with Crippen LogP contribution in [0.4, 0.5) is 19.3 Å². The third-order valence-corrected chi connectivity index (χ3v) is 5.00. The van der Waals surface area contributed by atoms with Crippen LogP contribution >= 0.6 is 0 Å². The van der Waals surface area contributed by atoms with Crippen molar-refractivity contribution in [2.45, 2.75) is 18.8 Å². The molecule has 1 atom stereocenters. The Kier molecular flexibility index (Phi) is 5.60. The Labute approximate surface area is 171 Å². The maximum absolute atomic E-state index is 13.8. The van der Waals surface area contributed by atoms with E-state index < -0.39 is 17.7 Å². The monoisotopic (exact) mass is 414 g/mol. The molecule has 1 fully saturated rings. The van der Waals surface area contributed by atoms with E-state index in [1.165, 1.54) is 6.07 Å². The first-order chi connectivity index (χ1) is 14.5. The van der Waals surface area contributed by atoms with Crippen LogP contribution in [0.3, 0.4) is 0 Å².